The minimum Gasteiger partial charge on any atom is -0.479 e. The van der Waals surface area contributed by atoms with E-state index < -0.39 is 17.9 Å². The van der Waals surface area contributed by atoms with Gasteiger partial charge >= 0.3 is 5.97 Å². The van der Waals surface area contributed by atoms with Crippen LogP contribution in [0.4, 0.5) is 0 Å². The Bertz CT molecular complexity index is 931. The molecule has 6 heteroatoms. The van der Waals surface area contributed by atoms with Gasteiger partial charge in [-0.1, -0.05) is 41.6 Å². The molecule has 0 radical (unpaired) electrons. The van der Waals surface area contributed by atoms with Crippen molar-refractivity contribution >= 4 is 22.8 Å². The quantitative estimate of drug-likeness (QED) is 0.746. The van der Waals surface area contributed by atoms with Gasteiger partial charge in [-0.15, -0.1) is 0 Å². The van der Waals surface area contributed by atoms with Crippen LogP contribution in [0.1, 0.15) is 28.4 Å². The Kier molecular flexibility index (Phi) is 4.52. The third kappa shape index (κ3) is 3.52. The second-order valence-electron chi connectivity index (χ2n) is 6.01. The molecule has 2 N–H and O–H groups in total. The standard InChI is InChI=1S/C19H18N2O4/c1-11-8-12(2)17-14(21-25-15(17)9-11)10-16(22)20-18(19(23)24)13-6-4-3-5-7-13/h3-9,18H,10H2,1-2H3,(H,20,22)(H,23,24). The molecule has 0 spiro atoms. The lowest BCUT2D eigenvalue weighted by Crippen LogP contribution is -2.34. The maximum Gasteiger partial charge on any atom is 0.330 e. The van der Waals surface area contributed by atoms with Crippen molar-refractivity contribution in [3.8, 4) is 0 Å². The second-order valence-corrected chi connectivity index (χ2v) is 6.01. The van der Waals surface area contributed by atoms with E-state index in [1.807, 2.05) is 26.0 Å². The van der Waals surface area contributed by atoms with Gasteiger partial charge in [0.2, 0.25) is 5.91 Å². The summed E-state index contributed by atoms with van der Waals surface area (Å²) in [7, 11) is 0. The zero-order valence-electron chi connectivity index (χ0n) is 13.9. The van der Waals surface area contributed by atoms with Gasteiger partial charge in [-0.05, 0) is 36.6 Å². The van der Waals surface area contributed by atoms with Crippen LogP contribution in [0.2, 0.25) is 0 Å². The van der Waals surface area contributed by atoms with Crippen LogP contribution in [0.15, 0.2) is 47.0 Å². The Hall–Kier alpha value is -3.15. The van der Waals surface area contributed by atoms with Gasteiger partial charge in [0.05, 0.1) is 6.42 Å². The van der Waals surface area contributed by atoms with Crippen molar-refractivity contribution in [2.45, 2.75) is 26.3 Å². The number of carbonyl (C=O) groups is 2. The number of rotatable bonds is 5. The molecule has 0 aliphatic rings. The average Bonchev–Trinajstić information content (AvgIpc) is 2.96. The van der Waals surface area contributed by atoms with Crippen LogP contribution in [0.3, 0.4) is 0 Å². The third-order valence-corrected chi connectivity index (χ3v) is 4.00. The third-order valence-electron chi connectivity index (χ3n) is 4.00. The van der Waals surface area contributed by atoms with Crippen molar-refractivity contribution in [1.82, 2.24) is 10.5 Å². The van der Waals surface area contributed by atoms with Crippen molar-refractivity contribution in [2.75, 3.05) is 0 Å². The summed E-state index contributed by atoms with van der Waals surface area (Å²) in [5.74, 6) is -1.54. The van der Waals surface area contributed by atoms with Crippen molar-refractivity contribution < 1.29 is 19.2 Å². The molecule has 1 unspecified atom stereocenters. The van der Waals surface area contributed by atoms with E-state index in [0.29, 0.717) is 16.8 Å². The SMILES string of the molecule is Cc1cc(C)c2c(CC(=O)NC(C(=O)O)c3ccccc3)noc2c1. The number of nitrogens with one attached hydrogen (secondary N) is 1. The van der Waals surface area contributed by atoms with Crippen LogP contribution in [0, 0.1) is 13.8 Å². The molecule has 3 aromatic rings. The van der Waals surface area contributed by atoms with Gasteiger partial charge in [0, 0.05) is 5.39 Å². The van der Waals surface area contributed by atoms with E-state index in [4.69, 9.17) is 4.52 Å². The first-order chi connectivity index (χ1) is 12.0. The van der Waals surface area contributed by atoms with Gasteiger partial charge in [0.15, 0.2) is 11.6 Å². The zero-order chi connectivity index (χ0) is 18.0. The molecule has 2 aromatic carbocycles. The lowest BCUT2D eigenvalue weighted by molar-refractivity contribution is -0.142. The number of carboxylic acid groups (broad SMARTS) is 1. The van der Waals surface area contributed by atoms with Crippen LogP contribution >= 0.6 is 0 Å². The number of aliphatic carboxylic acids is 1. The largest absolute Gasteiger partial charge is 0.479 e. The number of aryl methyl sites for hydroxylation is 2. The molecule has 1 amide bonds. The predicted molar refractivity (Wildman–Crippen MR) is 92.1 cm³/mol. The number of aromatic nitrogens is 1. The fourth-order valence-corrected chi connectivity index (χ4v) is 2.94. The first-order valence-corrected chi connectivity index (χ1v) is 7.88. The summed E-state index contributed by atoms with van der Waals surface area (Å²) >= 11 is 0. The maximum atomic E-state index is 12.4. The Morgan fingerprint density at radius 2 is 1.92 bits per heavy atom. The second kappa shape index (κ2) is 6.76. The minimum atomic E-state index is -1.11. The van der Waals surface area contributed by atoms with E-state index in [1.54, 1.807) is 30.3 Å². The minimum absolute atomic E-state index is 0.0481. The van der Waals surface area contributed by atoms with Crippen LogP contribution in [0.5, 0.6) is 0 Å². The topological polar surface area (TPSA) is 92.4 Å². The van der Waals surface area contributed by atoms with E-state index in [-0.39, 0.29) is 6.42 Å². The molecule has 0 bridgehead atoms. The van der Waals surface area contributed by atoms with E-state index in [2.05, 4.69) is 10.5 Å². The van der Waals surface area contributed by atoms with Gasteiger partial charge in [0.1, 0.15) is 5.69 Å². The zero-order valence-corrected chi connectivity index (χ0v) is 13.9. The molecular weight excluding hydrogens is 320 g/mol. The van der Waals surface area contributed by atoms with Crippen LogP contribution < -0.4 is 5.32 Å². The van der Waals surface area contributed by atoms with Crippen LogP contribution in [0.25, 0.3) is 11.0 Å². The molecule has 0 aliphatic carbocycles. The average molecular weight is 338 g/mol. The Balaban J connectivity index is 1.82. The van der Waals surface area contributed by atoms with Crippen molar-refractivity contribution in [2.24, 2.45) is 0 Å². The van der Waals surface area contributed by atoms with Gasteiger partial charge in [0.25, 0.3) is 0 Å². The predicted octanol–water partition coefficient (Wildman–Crippen LogP) is 2.93. The molecule has 0 saturated heterocycles. The Morgan fingerprint density at radius 1 is 1.20 bits per heavy atom. The summed E-state index contributed by atoms with van der Waals surface area (Å²) in [4.78, 5) is 23.9. The number of carboxylic acids is 1. The summed E-state index contributed by atoms with van der Waals surface area (Å²) in [6.45, 7) is 3.89. The van der Waals surface area contributed by atoms with Gasteiger partial charge in [-0.25, -0.2) is 4.79 Å². The van der Waals surface area contributed by atoms with E-state index in [0.717, 1.165) is 16.5 Å². The van der Waals surface area contributed by atoms with Crippen LogP contribution in [-0.4, -0.2) is 22.1 Å². The number of benzene rings is 2. The highest BCUT2D eigenvalue weighted by Gasteiger charge is 2.23. The summed E-state index contributed by atoms with van der Waals surface area (Å²) in [6, 6.07) is 11.3. The molecule has 128 valence electrons. The molecule has 1 atom stereocenters. The fourth-order valence-electron chi connectivity index (χ4n) is 2.94. The summed E-state index contributed by atoms with van der Waals surface area (Å²) in [5, 5.41) is 16.7. The number of amides is 1. The highest BCUT2D eigenvalue weighted by molar-refractivity contribution is 5.90. The first kappa shape index (κ1) is 16.7. The van der Waals surface area contributed by atoms with E-state index in [9.17, 15) is 14.7 Å². The van der Waals surface area contributed by atoms with E-state index >= 15 is 0 Å². The normalized spacial score (nSPS) is 12.1. The number of hydrogen-bond acceptors (Lipinski definition) is 4. The lowest BCUT2D eigenvalue weighted by Gasteiger charge is -2.14. The lowest BCUT2D eigenvalue weighted by atomic mass is 10.0. The molecule has 1 aromatic heterocycles. The van der Waals surface area contributed by atoms with E-state index in [1.165, 1.54) is 0 Å². The van der Waals surface area contributed by atoms with Gasteiger partial charge < -0.3 is 14.9 Å². The van der Waals surface area contributed by atoms with Crippen molar-refractivity contribution in [3.63, 3.8) is 0 Å². The van der Waals surface area contributed by atoms with Crippen molar-refractivity contribution in [1.29, 1.82) is 0 Å². The van der Waals surface area contributed by atoms with Gasteiger partial charge in [-0.3, -0.25) is 4.79 Å². The Labute approximate surface area is 144 Å². The molecule has 6 nitrogen and oxygen atoms in total. The molecule has 0 fully saturated rings. The summed E-state index contributed by atoms with van der Waals surface area (Å²) in [5.41, 5.74) is 3.66. The summed E-state index contributed by atoms with van der Waals surface area (Å²) in [6.07, 6.45) is -0.0481. The monoisotopic (exact) mass is 338 g/mol. The highest BCUT2D eigenvalue weighted by atomic mass is 16.5. The number of carbonyl (C=O) groups excluding carboxylic acids is 1. The highest BCUT2D eigenvalue weighted by Crippen LogP contribution is 2.24. The fraction of sp³-hybridized carbons (Fsp3) is 0.211. The van der Waals surface area contributed by atoms with Gasteiger partial charge in [-0.2, -0.15) is 0 Å². The number of hydrogen-bond donors (Lipinski definition) is 2. The molecule has 25 heavy (non-hydrogen) atoms. The molecule has 3 rings (SSSR count). The molecule has 1 heterocycles. The number of fused-ring (bicyclic) bond motifs is 1. The molecular formula is C19H18N2O4. The molecule has 0 aliphatic heterocycles. The Morgan fingerprint density at radius 3 is 2.60 bits per heavy atom. The summed E-state index contributed by atoms with van der Waals surface area (Å²) < 4.78 is 5.30. The molecule has 0 saturated carbocycles. The smallest absolute Gasteiger partial charge is 0.330 e. The first-order valence-electron chi connectivity index (χ1n) is 7.88. The number of nitrogens with zero attached hydrogens (tertiary/aromatic N) is 1. The maximum absolute atomic E-state index is 12.4. The van der Waals surface area contributed by atoms with Crippen molar-refractivity contribution in [3.05, 3.63) is 64.8 Å². The van der Waals surface area contributed by atoms with Crippen LogP contribution in [-0.2, 0) is 16.0 Å².